The van der Waals surface area contributed by atoms with Gasteiger partial charge in [0.1, 0.15) is 0 Å². The Morgan fingerprint density at radius 3 is 2.77 bits per heavy atom. The van der Waals surface area contributed by atoms with E-state index in [1.807, 2.05) is 60.8 Å². The average molecular weight is 346 g/mol. The predicted molar refractivity (Wildman–Crippen MR) is 97.7 cm³/mol. The van der Waals surface area contributed by atoms with Crippen LogP contribution >= 0.6 is 0 Å². The van der Waals surface area contributed by atoms with E-state index in [4.69, 9.17) is 4.52 Å². The number of aromatic nitrogens is 3. The van der Waals surface area contributed by atoms with Crippen LogP contribution in [0.2, 0.25) is 0 Å². The van der Waals surface area contributed by atoms with Crippen LogP contribution in [0.25, 0.3) is 10.9 Å². The minimum atomic E-state index is -0.270. The third-order valence-corrected chi connectivity index (χ3v) is 4.29. The first-order valence-electron chi connectivity index (χ1n) is 8.42. The second-order valence-electron chi connectivity index (χ2n) is 6.12. The molecule has 2 heterocycles. The number of amides is 1. The maximum Gasteiger partial charge on any atom is 0.253 e. The van der Waals surface area contributed by atoms with Crippen LogP contribution in [0, 0.1) is 6.92 Å². The van der Waals surface area contributed by atoms with Crippen LogP contribution in [0.15, 0.2) is 65.3 Å². The van der Waals surface area contributed by atoms with Gasteiger partial charge in [-0.2, -0.15) is 4.98 Å². The number of nitrogens with one attached hydrogen (secondary N) is 2. The molecule has 0 spiro atoms. The normalized spacial score (nSPS) is 12.2. The summed E-state index contributed by atoms with van der Waals surface area (Å²) in [5.74, 6) is 0.923. The van der Waals surface area contributed by atoms with Crippen molar-refractivity contribution in [1.82, 2.24) is 20.4 Å². The van der Waals surface area contributed by atoms with Gasteiger partial charge < -0.3 is 14.8 Å². The molecular formula is C20H18N4O2. The van der Waals surface area contributed by atoms with Gasteiger partial charge >= 0.3 is 0 Å². The van der Waals surface area contributed by atoms with E-state index < -0.39 is 0 Å². The van der Waals surface area contributed by atoms with Crippen LogP contribution in [-0.4, -0.2) is 21.0 Å². The quantitative estimate of drug-likeness (QED) is 0.578. The summed E-state index contributed by atoms with van der Waals surface area (Å²) in [6.07, 6.45) is 2.26. The van der Waals surface area contributed by atoms with Crippen molar-refractivity contribution in [2.24, 2.45) is 0 Å². The molecule has 6 nitrogen and oxygen atoms in total. The Hall–Kier alpha value is -3.41. The first-order valence-corrected chi connectivity index (χ1v) is 8.42. The van der Waals surface area contributed by atoms with Crippen molar-refractivity contribution in [3.8, 4) is 0 Å². The van der Waals surface area contributed by atoms with E-state index in [1.54, 1.807) is 6.92 Å². The second-order valence-corrected chi connectivity index (χ2v) is 6.12. The number of nitrogens with zero attached hydrogens (tertiary/aromatic N) is 2. The molecule has 0 saturated carbocycles. The monoisotopic (exact) mass is 346 g/mol. The van der Waals surface area contributed by atoms with Crippen LogP contribution < -0.4 is 5.32 Å². The topological polar surface area (TPSA) is 83.8 Å². The number of carbonyl (C=O) groups is 1. The van der Waals surface area contributed by atoms with Gasteiger partial charge in [0.25, 0.3) is 5.91 Å². The van der Waals surface area contributed by atoms with Crippen molar-refractivity contribution in [1.29, 1.82) is 0 Å². The Morgan fingerprint density at radius 1 is 1.15 bits per heavy atom. The van der Waals surface area contributed by atoms with Gasteiger partial charge in [-0.3, -0.25) is 4.79 Å². The highest BCUT2D eigenvalue weighted by Gasteiger charge is 2.20. The molecule has 0 aliphatic carbocycles. The lowest BCUT2D eigenvalue weighted by atomic mass is 10.0. The summed E-state index contributed by atoms with van der Waals surface area (Å²) in [4.78, 5) is 20.3. The number of carbonyl (C=O) groups excluding carboxylic acids is 1. The fourth-order valence-electron chi connectivity index (χ4n) is 3.05. The van der Waals surface area contributed by atoms with E-state index in [0.717, 1.165) is 16.5 Å². The van der Waals surface area contributed by atoms with Crippen LogP contribution in [0.3, 0.4) is 0 Å². The van der Waals surface area contributed by atoms with Crippen LogP contribution in [0.1, 0.15) is 33.7 Å². The highest BCUT2D eigenvalue weighted by atomic mass is 16.5. The van der Waals surface area contributed by atoms with E-state index in [2.05, 4.69) is 20.4 Å². The number of aromatic amines is 1. The maximum atomic E-state index is 12.9. The van der Waals surface area contributed by atoms with Gasteiger partial charge in [-0.05, 0) is 24.6 Å². The smallest absolute Gasteiger partial charge is 0.253 e. The molecule has 0 radical (unpaired) electrons. The Morgan fingerprint density at radius 2 is 2.00 bits per heavy atom. The molecule has 6 heteroatoms. The van der Waals surface area contributed by atoms with Gasteiger partial charge in [-0.25, -0.2) is 0 Å². The first-order chi connectivity index (χ1) is 12.7. The fourth-order valence-corrected chi connectivity index (χ4v) is 3.05. The van der Waals surface area contributed by atoms with Crippen LogP contribution in [0.5, 0.6) is 0 Å². The van der Waals surface area contributed by atoms with E-state index in [1.165, 1.54) is 0 Å². The number of fused-ring (bicyclic) bond motifs is 1. The molecular weight excluding hydrogens is 328 g/mol. The molecule has 0 fully saturated rings. The fraction of sp³-hybridized carbons (Fsp3) is 0.150. The molecule has 2 aromatic carbocycles. The molecule has 2 aromatic heterocycles. The molecule has 1 atom stereocenters. The number of rotatable bonds is 5. The highest BCUT2D eigenvalue weighted by molar-refractivity contribution is 6.05. The SMILES string of the molecule is Cc1noc(CC(NC(=O)c2cccc3cc[nH]c23)c2ccccc2)n1. The zero-order valence-corrected chi connectivity index (χ0v) is 14.3. The second kappa shape index (κ2) is 6.84. The van der Waals surface area contributed by atoms with E-state index in [9.17, 15) is 4.79 Å². The molecule has 4 aromatic rings. The lowest BCUT2D eigenvalue weighted by molar-refractivity contribution is 0.0936. The molecule has 0 saturated heterocycles. The third kappa shape index (κ3) is 3.21. The number of H-pyrrole nitrogens is 1. The largest absolute Gasteiger partial charge is 0.361 e. The Kier molecular flexibility index (Phi) is 4.23. The molecule has 0 aliphatic rings. The summed E-state index contributed by atoms with van der Waals surface area (Å²) in [6, 6.07) is 17.1. The molecule has 1 amide bonds. The number of hydrogen-bond donors (Lipinski definition) is 2. The number of aryl methyl sites for hydroxylation is 1. The van der Waals surface area contributed by atoms with Crippen LogP contribution in [0.4, 0.5) is 0 Å². The summed E-state index contributed by atoms with van der Waals surface area (Å²) < 4.78 is 5.24. The lowest BCUT2D eigenvalue weighted by Gasteiger charge is -2.18. The number of hydrogen-bond acceptors (Lipinski definition) is 4. The predicted octanol–water partition coefficient (Wildman–Crippen LogP) is 3.57. The highest BCUT2D eigenvalue weighted by Crippen LogP contribution is 2.21. The van der Waals surface area contributed by atoms with Gasteiger partial charge in [-0.15, -0.1) is 0 Å². The van der Waals surface area contributed by atoms with Crippen molar-refractivity contribution in [3.05, 3.63) is 83.6 Å². The molecule has 26 heavy (non-hydrogen) atoms. The van der Waals surface area contributed by atoms with Gasteiger partial charge in [-0.1, -0.05) is 47.6 Å². The summed E-state index contributed by atoms with van der Waals surface area (Å²) in [5.41, 5.74) is 2.41. The van der Waals surface area contributed by atoms with Gasteiger partial charge in [0, 0.05) is 11.6 Å². The van der Waals surface area contributed by atoms with Gasteiger partial charge in [0.2, 0.25) is 5.89 Å². The molecule has 0 aliphatic heterocycles. The Bertz CT molecular complexity index is 1040. The Balaban J connectivity index is 1.63. The standard InChI is InChI=1S/C20H18N4O2/c1-13-22-18(26-24-13)12-17(14-6-3-2-4-7-14)23-20(25)16-9-5-8-15-10-11-21-19(15)16/h2-11,17,21H,12H2,1H3,(H,23,25). The average Bonchev–Trinajstić information content (AvgIpc) is 3.30. The van der Waals surface area contributed by atoms with Gasteiger partial charge in [0.05, 0.1) is 23.5 Å². The van der Waals surface area contributed by atoms with Gasteiger partial charge in [0.15, 0.2) is 5.82 Å². The van der Waals surface area contributed by atoms with E-state index in [-0.39, 0.29) is 11.9 Å². The summed E-state index contributed by atoms with van der Waals surface area (Å²) in [5, 5.41) is 7.93. The first kappa shape index (κ1) is 16.1. The number of para-hydroxylation sites is 1. The molecule has 0 bridgehead atoms. The molecule has 130 valence electrons. The molecule has 2 N–H and O–H groups in total. The summed E-state index contributed by atoms with van der Waals surface area (Å²) in [7, 11) is 0. The zero-order valence-electron chi connectivity index (χ0n) is 14.3. The summed E-state index contributed by atoms with van der Waals surface area (Å²) >= 11 is 0. The third-order valence-electron chi connectivity index (χ3n) is 4.29. The summed E-state index contributed by atoms with van der Waals surface area (Å²) in [6.45, 7) is 1.77. The van der Waals surface area contributed by atoms with Crippen LogP contribution in [-0.2, 0) is 6.42 Å². The zero-order chi connectivity index (χ0) is 17.9. The maximum absolute atomic E-state index is 12.9. The minimum Gasteiger partial charge on any atom is -0.361 e. The molecule has 1 unspecified atom stereocenters. The lowest BCUT2D eigenvalue weighted by Crippen LogP contribution is -2.30. The van der Waals surface area contributed by atoms with E-state index >= 15 is 0 Å². The number of benzene rings is 2. The Labute approximate surface area is 150 Å². The van der Waals surface area contributed by atoms with Crippen molar-refractivity contribution < 1.29 is 9.32 Å². The van der Waals surface area contributed by atoms with Crippen molar-refractivity contribution in [3.63, 3.8) is 0 Å². The minimum absolute atomic E-state index is 0.150. The van der Waals surface area contributed by atoms with Crippen molar-refractivity contribution in [2.45, 2.75) is 19.4 Å². The van der Waals surface area contributed by atoms with Crippen molar-refractivity contribution in [2.75, 3.05) is 0 Å². The van der Waals surface area contributed by atoms with E-state index in [0.29, 0.717) is 23.7 Å². The molecule has 4 rings (SSSR count). The van der Waals surface area contributed by atoms with Crippen molar-refractivity contribution >= 4 is 16.8 Å².